The highest BCUT2D eigenvalue weighted by Gasteiger charge is 2.00. The van der Waals surface area contributed by atoms with Gasteiger partial charge in [0.15, 0.2) is 0 Å². The minimum Gasteiger partial charge on any atom is -0.388 e. The number of hydrogen-bond acceptors (Lipinski definition) is 1. The Morgan fingerprint density at radius 3 is 2.80 bits per heavy atom. The van der Waals surface area contributed by atoms with E-state index in [-0.39, 0.29) is 0 Å². The molecule has 1 heteroatoms. The fourth-order valence-electron chi connectivity index (χ4n) is 1.75. The Bertz CT molecular complexity index is 326. The molecule has 0 atom stereocenters. The van der Waals surface area contributed by atoms with Crippen LogP contribution < -0.4 is 5.32 Å². The molecule has 0 aliphatic heterocycles. The SMILES string of the molecule is C/C=C\CCCc1cc(C)ccc1NC. The molecule has 0 unspecified atom stereocenters. The van der Waals surface area contributed by atoms with Gasteiger partial charge in [-0.2, -0.15) is 0 Å². The van der Waals surface area contributed by atoms with Crippen LogP contribution in [0, 0.1) is 6.92 Å². The summed E-state index contributed by atoms with van der Waals surface area (Å²) >= 11 is 0. The first-order chi connectivity index (χ1) is 7.27. The van der Waals surface area contributed by atoms with Crippen molar-refractivity contribution in [2.24, 2.45) is 0 Å². The van der Waals surface area contributed by atoms with Crippen molar-refractivity contribution in [1.82, 2.24) is 0 Å². The standard InChI is InChI=1S/C14H21N/c1-4-5-6-7-8-13-11-12(2)9-10-14(13)15-3/h4-5,9-11,15H,6-8H2,1-3H3/b5-4-. The summed E-state index contributed by atoms with van der Waals surface area (Å²) in [6.07, 6.45) is 7.91. The molecule has 0 fully saturated rings. The summed E-state index contributed by atoms with van der Waals surface area (Å²) in [5.74, 6) is 0. The van der Waals surface area contributed by atoms with E-state index in [1.54, 1.807) is 0 Å². The zero-order valence-corrected chi connectivity index (χ0v) is 10.0. The maximum Gasteiger partial charge on any atom is 0.0370 e. The molecule has 0 amide bonds. The van der Waals surface area contributed by atoms with Gasteiger partial charge in [0, 0.05) is 12.7 Å². The fourth-order valence-corrected chi connectivity index (χ4v) is 1.75. The quantitative estimate of drug-likeness (QED) is 0.564. The molecule has 1 rings (SSSR count). The highest BCUT2D eigenvalue weighted by Crippen LogP contribution is 2.19. The number of aryl methyl sites for hydroxylation is 2. The molecular weight excluding hydrogens is 182 g/mol. The van der Waals surface area contributed by atoms with Crippen LogP contribution in [-0.4, -0.2) is 7.05 Å². The van der Waals surface area contributed by atoms with Crippen molar-refractivity contribution in [3.05, 3.63) is 41.5 Å². The smallest absolute Gasteiger partial charge is 0.0370 e. The Morgan fingerprint density at radius 1 is 1.33 bits per heavy atom. The lowest BCUT2D eigenvalue weighted by Gasteiger charge is -2.09. The number of rotatable bonds is 5. The fraction of sp³-hybridized carbons (Fsp3) is 0.429. The van der Waals surface area contributed by atoms with Crippen molar-refractivity contribution in [3.8, 4) is 0 Å². The van der Waals surface area contributed by atoms with E-state index >= 15 is 0 Å². The maximum atomic E-state index is 3.25. The van der Waals surface area contributed by atoms with Crippen LogP contribution >= 0.6 is 0 Å². The average Bonchev–Trinajstić information content (AvgIpc) is 2.25. The van der Waals surface area contributed by atoms with Crippen LogP contribution in [0.15, 0.2) is 30.4 Å². The highest BCUT2D eigenvalue weighted by molar-refractivity contribution is 5.52. The Morgan fingerprint density at radius 2 is 2.13 bits per heavy atom. The van der Waals surface area contributed by atoms with E-state index in [0.717, 1.165) is 6.42 Å². The van der Waals surface area contributed by atoms with Crippen molar-refractivity contribution in [2.75, 3.05) is 12.4 Å². The molecular formula is C14H21N. The number of nitrogens with one attached hydrogen (secondary N) is 1. The van der Waals surface area contributed by atoms with Crippen LogP contribution in [-0.2, 0) is 6.42 Å². The van der Waals surface area contributed by atoms with Crippen LogP contribution in [0.5, 0.6) is 0 Å². The molecule has 15 heavy (non-hydrogen) atoms. The average molecular weight is 203 g/mol. The van der Waals surface area contributed by atoms with Gasteiger partial charge < -0.3 is 5.32 Å². The van der Waals surface area contributed by atoms with E-state index in [4.69, 9.17) is 0 Å². The Kier molecular flexibility index (Phi) is 4.96. The second-order valence-corrected chi connectivity index (χ2v) is 3.87. The maximum absolute atomic E-state index is 3.25. The molecule has 0 spiro atoms. The molecule has 1 aromatic carbocycles. The molecule has 0 saturated carbocycles. The minimum atomic E-state index is 1.15. The second-order valence-electron chi connectivity index (χ2n) is 3.87. The van der Waals surface area contributed by atoms with Crippen LogP contribution in [0.2, 0.25) is 0 Å². The van der Waals surface area contributed by atoms with E-state index < -0.39 is 0 Å². The van der Waals surface area contributed by atoms with Crippen LogP contribution in [0.25, 0.3) is 0 Å². The zero-order valence-electron chi connectivity index (χ0n) is 10.0. The first-order valence-corrected chi connectivity index (χ1v) is 5.66. The molecule has 1 nitrogen and oxygen atoms in total. The lowest BCUT2D eigenvalue weighted by atomic mass is 10.0. The third kappa shape index (κ3) is 3.78. The summed E-state index contributed by atoms with van der Waals surface area (Å²) in [7, 11) is 1.99. The van der Waals surface area contributed by atoms with Gasteiger partial charge in [0.05, 0.1) is 0 Å². The van der Waals surface area contributed by atoms with Gasteiger partial charge >= 0.3 is 0 Å². The summed E-state index contributed by atoms with van der Waals surface area (Å²) in [6, 6.07) is 6.60. The van der Waals surface area contributed by atoms with Gasteiger partial charge in [-0.05, 0) is 44.7 Å². The number of anilines is 1. The molecule has 0 aromatic heterocycles. The largest absolute Gasteiger partial charge is 0.388 e. The predicted octanol–water partition coefficient (Wildman–Crippen LogP) is 3.94. The zero-order chi connectivity index (χ0) is 11.1. The van der Waals surface area contributed by atoms with E-state index in [1.165, 1.54) is 29.7 Å². The van der Waals surface area contributed by atoms with E-state index in [0.29, 0.717) is 0 Å². The molecule has 0 bridgehead atoms. The van der Waals surface area contributed by atoms with Crippen LogP contribution in [0.3, 0.4) is 0 Å². The van der Waals surface area contributed by atoms with Crippen molar-refractivity contribution in [2.45, 2.75) is 33.1 Å². The number of benzene rings is 1. The molecule has 0 aliphatic rings. The van der Waals surface area contributed by atoms with Gasteiger partial charge in [-0.25, -0.2) is 0 Å². The molecule has 0 radical (unpaired) electrons. The van der Waals surface area contributed by atoms with Gasteiger partial charge in [0.1, 0.15) is 0 Å². The summed E-state index contributed by atoms with van der Waals surface area (Å²) in [5, 5.41) is 3.25. The van der Waals surface area contributed by atoms with Gasteiger partial charge in [-0.3, -0.25) is 0 Å². The molecule has 0 aliphatic carbocycles. The summed E-state index contributed by atoms with van der Waals surface area (Å²) < 4.78 is 0. The van der Waals surface area contributed by atoms with Crippen LogP contribution in [0.1, 0.15) is 30.9 Å². The van der Waals surface area contributed by atoms with E-state index in [9.17, 15) is 0 Å². The van der Waals surface area contributed by atoms with Crippen molar-refractivity contribution in [3.63, 3.8) is 0 Å². The Balaban J connectivity index is 2.61. The third-order valence-electron chi connectivity index (χ3n) is 2.58. The molecule has 0 heterocycles. The van der Waals surface area contributed by atoms with Gasteiger partial charge in [0.25, 0.3) is 0 Å². The predicted molar refractivity (Wildman–Crippen MR) is 68.5 cm³/mol. The number of hydrogen-bond donors (Lipinski definition) is 1. The normalized spacial score (nSPS) is 10.9. The Hall–Kier alpha value is -1.24. The molecule has 1 N–H and O–H groups in total. The summed E-state index contributed by atoms with van der Waals surface area (Å²) in [4.78, 5) is 0. The number of allylic oxidation sites excluding steroid dienone is 2. The van der Waals surface area contributed by atoms with Gasteiger partial charge in [-0.15, -0.1) is 0 Å². The summed E-state index contributed by atoms with van der Waals surface area (Å²) in [5.41, 5.74) is 4.04. The lowest BCUT2D eigenvalue weighted by molar-refractivity contribution is 0.842. The molecule has 1 aromatic rings. The van der Waals surface area contributed by atoms with Crippen molar-refractivity contribution in [1.29, 1.82) is 0 Å². The lowest BCUT2D eigenvalue weighted by Crippen LogP contribution is -1.96. The Labute approximate surface area is 93.2 Å². The minimum absolute atomic E-state index is 1.15. The first kappa shape index (κ1) is 11.8. The van der Waals surface area contributed by atoms with Crippen molar-refractivity contribution >= 4 is 5.69 Å². The second kappa shape index (κ2) is 6.28. The summed E-state index contributed by atoms with van der Waals surface area (Å²) in [6.45, 7) is 4.22. The van der Waals surface area contributed by atoms with E-state index in [1.807, 2.05) is 7.05 Å². The molecule has 82 valence electrons. The monoisotopic (exact) mass is 203 g/mol. The van der Waals surface area contributed by atoms with Crippen LogP contribution in [0.4, 0.5) is 5.69 Å². The highest BCUT2D eigenvalue weighted by atomic mass is 14.8. The van der Waals surface area contributed by atoms with Crippen molar-refractivity contribution < 1.29 is 0 Å². The number of unbranched alkanes of at least 4 members (excludes halogenated alkanes) is 1. The van der Waals surface area contributed by atoms with E-state index in [2.05, 4.69) is 49.5 Å². The first-order valence-electron chi connectivity index (χ1n) is 5.66. The van der Waals surface area contributed by atoms with Gasteiger partial charge in [-0.1, -0.05) is 29.8 Å². The topological polar surface area (TPSA) is 12.0 Å². The molecule has 0 saturated heterocycles. The van der Waals surface area contributed by atoms with Gasteiger partial charge in [0.2, 0.25) is 0 Å². The third-order valence-corrected chi connectivity index (χ3v) is 2.58.